The Kier molecular flexibility index (Phi) is 4.88. The molecular formula is C14H19N3O5S. The van der Waals surface area contributed by atoms with Gasteiger partial charge in [-0.25, -0.2) is 8.42 Å². The fraction of sp³-hybridized carbons (Fsp3) is 0.500. The van der Waals surface area contributed by atoms with Crippen LogP contribution in [0.4, 0.5) is 0 Å². The van der Waals surface area contributed by atoms with Crippen LogP contribution in [0.15, 0.2) is 28.3 Å². The van der Waals surface area contributed by atoms with Gasteiger partial charge in [0.15, 0.2) is 0 Å². The summed E-state index contributed by atoms with van der Waals surface area (Å²) in [6.45, 7) is 3.98. The number of nitrogens with zero attached hydrogens (tertiary/aromatic N) is 3. The van der Waals surface area contributed by atoms with E-state index in [1.807, 2.05) is 13.8 Å². The molecule has 1 amide bonds. The molecule has 2 aliphatic heterocycles. The number of aliphatic carboxylic acids is 1. The summed E-state index contributed by atoms with van der Waals surface area (Å²) < 4.78 is 26.6. The molecule has 23 heavy (non-hydrogen) atoms. The first-order valence-electron chi connectivity index (χ1n) is 7.21. The fourth-order valence-corrected chi connectivity index (χ4v) is 3.27. The second-order valence-electron chi connectivity index (χ2n) is 5.58. The second-order valence-corrected chi connectivity index (χ2v) is 7.34. The lowest BCUT2D eigenvalue weighted by Crippen LogP contribution is -2.42. The van der Waals surface area contributed by atoms with Crippen LogP contribution in [-0.2, 0) is 19.6 Å². The third kappa shape index (κ3) is 4.19. The van der Waals surface area contributed by atoms with Crippen molar-refractivity contribution in [2.24, 2.45) is 4.40 Å². The summed E-state index contributed by atoms with van der Waals surface area (Å²) in [7, 11) is -3.43. The van der Waals surface area contributed by atoms with E-state index in [0.29, 0.717) is 5.57 Å². The summed E-state index contributed by atoms with van der Waals surface area (Å²) in [5, 5.41) is 8.79. The van der Waals surface area contributed by atoms with E-state index < -0.39 is 16.0 Å². The molecule has 2 aliphatic rings. The topological polar surface area (TPSA) is 107 Å². The van der Waals surface area contributed by atoms with Gasteiger partial charge >= 0.3 is 5.97 Å². The van der Waals surface area contributed by atoms with Crippen molar-refractivity contribution in [3.05, 3.63) is 23.9 Å². The highest BCUT2D eigenvalue weighted by Crippen LogP contribution is 2.18. The van der Waals surface area contributed by atoms with Crippen LogP contribution in [0.1, 0.15) is 20.3 Å². The summed E-state index contributed by atoms with van der Waals surface area (Å²) in [6, 6.07) is -0.145. The number of carboxylic acid groups (broad SMARTS) is 1. The molecule has 0 bridgehead atoms. The average Bonchev–Trinajstić information content (AvgIpc) is 2.45. The van der Waals surface area contributed by atoms with Gasteiger partial charge in [-0.3, -0.25) is 9.59 Å². The first kappa shape index (κ1) is 17.2. The zero-order chi connectivity index (χ0) is 17.2. The van der Waals surface area contributed by atoms with Crippen LogP contribution >= 0.6 is 0 Å². The van der Waals surface area contributed by atoms with E-state index in [-0.39, 0.29) is 43.0 Å². The molecule has 0 atom stereocenters. The quantitative estimate of drug-likeness (QED) is 0.765. The number of sulfonamides is 1. The minimum absolute atomic E-state index is 0.102. The minimum atomic E-state index is -3.43. The van der Waals surface area contributed by atoms with Gasteiger partial charge in [-0.15, -0.1) is 4.40 Å². The predicted octanol–water partition coefficient (Wildman–Crippen LogP) is 0.196. The first-order chi connectivity index (χ1) is 10.7. The molecule has 2 heterocycles. The van der Waals surface area contributed by atoms with E-state index in [1.165, 1.54) is 17.1 Å². The molecule has 1 N–H and O–H groups in total. The Balaban J connectivity index is 2.18. The molecule has 8 nitrogen and oxygen atoms in total. The van der Waals surface area contributed by atoms with Gasteiger partial charge in [0, 0.05) is 25.3 Å². The Bertz CT molecular complexity index is 706. The van der Waals surface area contributed by atoms with Crippen molar-refractivity contribution in [2.45, 2.75) is 26.3 Å². The summed E-state index contributed by atoms with van der Waals surface area (Å²) >= 11 is 0. The van der Waals surface area contributed by atoms with E-state index in [1.54, 1.807) is 11.1 Å². The van der Waals surface area contributed by atoms with Crippen molar-refractivity contribution in [1.82, 2.24) is 9.80 Å². The van der Waals surface area contributed by atoms with Gasteiger partial charge < -0.3 is 14.9 Å². The molecular weight excluding hydrogens is 322 g/mol. The largest absolute Gasteiger partial charge is 0.481 e. The summed E-state index contributed by atoms with van der Waals surface area (Å²) in [5.41, 5.74) is 0.377. The Morgan fingerprint density at radius 1 is 1.39 bits per heavy atom. The highest BCUT2D eigenvalue weighted by Gasteiger charge is 2.27. The molecule has 0 aliphatic carbocycles. The van der Waals surface area contributed by atoms with Gasteiger partial charge in [0.1, 0.15) is 5.84 Å². The fourth-order valence-electron chi connectivity index (χ4n) is 2.30. The molecule has 126 valence electrons. The number of rotatable bonds is 5. The lowest BCUT2D eigenvalue weighted by molar-refractivity contribution is -0.138. The molecule has 9 heteroatoms. The monoisotopic (exact) mass is 341 g/mol. The molecule has 0 saturated carbocycles. The number of carbonyl (C=O) groups excluding carboxylic acids is 1. The molecule has 0 fully saturated rings. The number of hydrogen-bond donors (Lipinski definition) is 1. The molecule has 0 unspecified atom stereocenters. The maximum atomic E-state index is 12.6. The number of fused-ring (bicyclic) bond motifs is 1. The first-order valence-corrected chi connectivity index (χ1v) is 8.82. The maximum absolute atomic E-state index is 12.6. The number of hydrogen-bond acceptors (Lipinski definition) is 5. The Morgan fingerprint density at radius 2 is 2.09 bits per heavy atom. The third-order valence-corrected chi connectivity index (χ3v) is 4.69. The Labute approximate surface area is 134 Å². The molecule has 0 aromatic carbocycles. The number of amidine groups is 1. The van der Waals surface area contributed by atoms with Crippen LogP contribution in [0.3, 0.4) is 0 Å². The van der Waals surface area contributed by atoms with E-state index in [2.05, 4.69) is 4.40 Å². The lowest BCUT2D eigenvalue weighted by atomic mass is 10.1. The predicted molar refractivity (Wildman–Crippen MR) is 84.3 cm³/mol. The van der Waals surface area contributed by atoms with Crippen molar-refractivity contribution in [1.29, 1.82) is 0 Å². The van der Waals surface area contributed by atoms with Gasteiger partial charge in [-0.05, 0) is 26.0 Å². The molecule has 0 saturated heterocycles. The van der Waals surface area contributed by atoms with Crippen molar-refractivity contribution in [3.8, 4) is 0 Å². The van der Waals surface area contributed by atoms with Gasteiger partial charge in [-0.2, -0.15) is 0 Å². The van der Waals surface area contributed by atoms with Crippen LogP contribution < -0.4 is 0 Å². The zero-order valence-corrected chi connectivity index (χ0v) is 13.8. The molecule has 0 spiro atoms. The molecule has 0 aromatic heterocycles. The van der Waals surface area contributed by atoms with E-state index >= 15 is 0 Å². The van der Waals surface area contributed by atoms with E-state index in [4.69, 9.17) is 5.11 Å². The van der Waals surface area contributed by atoms with Crippen molar-refractivity contribution < 1.29 is 23.1 Å². The molecule has 0 aromatic rings. The van der Waals surface area contributed by atoms with Crippen molar-refractivity contribution >= 4 is 27.7 Å². The second kappa shape index (κ2) is 6.53. The van der Waals surface area contributed by atoms with Crippen LogP contribution in [0.2, 0.25) is 0 Å². The van der Waals surface area contributed by atoms with Crippen LogP contribution in [0, 0.1) is 0 Å². The SMILES string of the molecule is CC(C)N(CCC(=O)O)C(=O)C1=CN2CCS(=O)(=O)N=C2C=C1. The van der Waals surface area contributed by atoms with Crippen LogP contribution in [0.25, 0.3) is 0 Å². The third-order valence-electron chi connectivity index (χ3n) is 3.52. The summed E-state index contributed by atoms with van der Waals surface area (Å²) in [4.78, 5) is 26.4. The lowest BCUT2D eigenvalue weighted by Gasteiger charge is -2.30. The van der Waals surface area contributed by atoms with Crippen LogP contribution in [0.5, 0.6) is 0 Å². The molecule has 0 radical (unpaired) electrons. The minimum Gasteiger partial charge on any atom is -0.481 e. The van der Waals surface area contributed by atoms with Gasteiger partial charge in [0.05, 0.1) is 17.7 Å². The highest BCUT2D eigenvalue weighted by atomic mass is 32.2. The number of carboxylic acids is 1. The smallest absolute Gasteiger partial charge is 0.305 e. The van der Waals surface area contributed by atoms with Crippen molar-refractivity contribution in [3.63, 3.8) is 0 Å². The zero-order valence-electron chi connectivity index (χ0n) is 13.0. The van der Waals surface area contributed by atoms with Gasteiger partial charge in [-0.1, -0.05) is 0 Å². The summed E-state index contributed by atoms with van der Waals surface area (Å²) in [6.07, 6.45) is 4.43. The van der Waals surface area contributed by atoms with Crippen LogP contribution in [-0.4, -0.2) is 65.9 Å². The van der Waals surface area contributed by atoms with Gasteiger partial charge in [0.2, 0.25) is 0 Å². The molecule has 2 rings (SSSR count). The number of amides is 1. The highest BCUT2D eigenvalue weighted by molar-refractivity contribution is 7.90. The Hall–Kier alpha value is -2.16. The normalized spacial score (nSPS) is 19.0. The van der Waals surface area contributed by atoms with E-state index in [0.717, 1.165) is 0 Å². The standard InChI is InChI=1S/C14H19N3O5S/c1-10(2)17(6-5-13(18)19)14(20)11-3-4-12-15-23(21,22)8-7-16(12)9-11/h3-4,9-10H,5-8H2,1-2H3,(H,18,19). The van der Waals surface area contributed by atoms with E-state index in [9.17, 15) is 18.0 Å². The van der Waals surface area contributed by atoms with Gasteiger partial charge in [0.25, 0.3) is 15.9 Å². The maximum Gasteiger partial charge on any atom is 0.305 e. The average molecular weight is 341 g/mol. The Morgan fingerprint density at radius 3 is 2.70 bits per heavy atom. The summed E-state index contributed by atoms with van der Waals surface area (Å²) in [5.74, 6) is -1.07. The number of carbonyl (C=O) groups is 2. The van der Waals surface area contributed by atoms with Crippen molar-refractivity contribution in [2.75, 3.05) is 18.8 Å².